The monoisotopic (exact) mass is 323 g/mol. The second-order valence-electron chi connectivity index (χ2n) is 4.77. The van der Waals surface area contributed by atoms with E-state index in [2.05, 4.69) is 9.88 Å². The molecule has 8 heteroatoms. The Hall–Kier alpha value is -2.19. The highest BCUT2D eigenvalue weighted by Gasteiger charge is 2.14. The maximum absolute atomic E-state index is 12.0. The second-order valence-corrected chi connectivity index (χ2v) is 6.54. The van der Waals surface area contributed by atoms with Crippen molar-refractivity contribution in [3.63, 3.8) is 0 Å². The summed E-state index contributed by atoms with van der Waals surface area (Å²) in [5, 5.41) is 11.7. The molecule has 0 atom stereocenters. The molecule has 0 radical (unpaired) electrons. The van der Waals surface area contributed by atoms with E-state index >= 15 is 0 Å². The van der Waals surface area contributed by atoms with Gasteiger partial charge in [0, 0.05) is 6.54 Å². The molecule has 0 amide bonds. The lowest BCUT2D eigenvalue weighted by Gasteiger charge is -2.06. The fourth-order valence-electron chi connectivity index (χ4n) is 2.08. The van der Waals surface area contributed by atoms with Crippen LogP contribution in [0.15, 0.2) is 52.8 Å². The molecule has 0 aliphatic rings. The minimum Gasteiger partial charge on any atom is -0.411 e. The van der Waals surface area contributed by atoms with Crippen molar-refractivity contribution in [3.8, 4) is 0 Å². The number of hydrogen-bond donors (Lipinski definition) is 2. The summed E-state index contributed by atoms with van der Waals surface area (Å²) < 4.78 is 30.4. The van der Waals surface area contributed by atoms with E-state index in [0.29, 0.717) is 19.5 Å². The first-order valence-corrected chi connectivity index (χ1v) is 8.30. The topological polar surface area (TPSA) is 87.6 Å². The van der Waals surface area contributed by atoms with E-state index < -0.39 is 10.0 Å². The summed E-state index contributed by atoms with van der Waals surface area (Å²) in [4.78, 5) is 0.260. The zero-order valence-electron chi connectivity index (χ0n) is 12.3. The molecule has 1 heterocycles. The van der Waals surface area contributed by atoms with Gasteiger partial charge in [-0.1, -0.05) is 23.4 Å². The van der Waals surface area contributed by atoms with E-state index in [9.17, 15) is 8.42 Å². The van der Waals surface area contributed by atoms with Crippen LogP contribution in [0.25, 0.3) is 0 Å². The zero-order chi connectivity index (χ0) is 16.0. The summed E-state index contributed by atoms with van der Waals surface area (Å²) in [5.41, 5.74) is 0. The van der Waals surface area contributed by atoms with E-state index in [1.807, 2.05) is 28.6 Å². The molecule has 7 nitrogen and oxygen atoms in total. The molecule has 0 aliphatic heterocycles. The van der Waals surface area contributed by atoms with Gasteiger partial charge >= 0.3 is 5.82 Å². The first-order valence-electron chi connectivity index (χ1n) is 6.81. The Morgan fingerprint density at radius 3 is 2.77 bits per heavy atom. The van der Waals surface area contributed by atoms with Crippen LogP contribution >= 0.6 is 0 Å². The van der Waals surface area contributed by atoms with E-state index in [-0.39, 0.29) is 4.90 Å². The average molecular weight is 323 g/mol. The number of nitrogens with zero attached hydrogens (tertiary/aromatic N) is 3. The highest BCUT2D eigenvalue weighted by Crippen LogP contribution is 2.06. The van der Waals surface area contributed by atoms with Crippen LogP contribution in [-0.2, 0) is 23.6 Å². The van der Waals surface area contributed by atoms with Gasteiger partial charge in [0.05, 0.1) is 18.5 Å². The maximum atomic E-state index is 12.0. The molecule has 22 heavy (non-hydrogen) atoms. The number of aryl methyl sites for hydroxylation is 2. The Kier molecular flexibility index (Phi) is 5.29. The van der Waals surface area contributed by atoms with Crippen molar-refractivity contribution < 1.29 is 18.2 Å². The molecular formula is C14H19N4O3S+. The third kappa shape index (κ3) is 3.92. The van der Waals surface area contributed by atoms with Crippen molar-refractivity contribution in [3.05, 3.63) is 48.5 Å². The summed E-state index contributed by atoms with van der Waals surface area (Å²) >= 11 is 0. The Bertz CT molecular complexity index is 739. The number of nitrogens with one attached hydrogen (secondary N) is 1. The molecule has 0 bridgehead atoms. The molecule has 1 aromatic carbocycles. The number of hydrogen-bond acceptors (Lipinski definition) is 4. The number of oxime groups is 1. The van der Waals surface area contributed by atoms with Crippen LogP contribution in [0.1, 0.15) is 12.2 Å². The van der Waals surface area contributed by atoms with Crippen molar-refractivity contribution in [2.75, 3.05) is 6.54 Å². The zero-order valence-corrected chi connectivity index (χ0v) is 13.1. The second kappa shape index (κ2) is 7.19. The largest absolute Gasteiger partial charge is 0.411 e. The molecule has 0 saturated carbocycles. The van der Waals surface area contributed by atoms with Gasteiger partial charge in [0.15, 0.2) is 6.21 Å². The van der Waals surface area contributed by atoms with Crippen LogP contribution in [0.2, 0.25) is 0 Å². The van der Waals surface area contributed by atoms with Gasteiger partial charge in [-0.2, -0.15) is 0 Å². The van der Waals surface area contributed by atoms with Gasteiger partial charge in [-0.25, -0.2) is 22.3 Å². The average Bonchev–Trinajstić information content (AvgIpc) is 2.86. The molecular weight excluding hydrogens is 304 g/mol. The highest BCUT2D eigenvalue weighted by atomic mass is 32.2. The van der Waals surface area contributed by atoms with Crippen LogP contribution in [0.4, 0.5) is 0 Å². The van der Waals surface area contributed by atoms with E-state index in [4.69, 9.17) is 5.21 Å². The number of imidazole rings is 1. The molecule has 2 aromatic rings. The van der Waals surface area contributed by atoms with Gasteiger partial charge in [-0.3, -0.25) is 0 Å². The van der Waals surface area contributed by atoms with Gasteiger partial charge in [-0.05, 0) is 18.6 Å². The predicted octanol–water partition coefficient (Wildman–Crippen LogP) is 0.489. The molecule has 1 aromatic heterocycles. The van der Waals surface area contributed by atoms with Crippen LogP contribution < -0.4 is 9.29 Å². The number of benzene rings is 1. The van der Waals surface area contributed by atoms with Crippen molar-refractivity contribution >= 4 is 16.2 Å². The molecule has 0 fully saturated rings. The molecule has 2 N–H and O–H groups in total. The lowest BCUT2D eigenvalue weighted by Crippen LogP contribution is -2.32. The Labute approximate surface area is 129 Å². The third-order valence-electron chi connectivity index (χ3n) is 3.22. The Morgan fingerprint density at radius 2 is 2.09 bits per heavy atom. The number of rotatable bonds is 7. The van der Waals surface area contributed by atoms with Gasteiger partial charge in [-0.15, -0.1) is 0 Å². The number of aromatic nitrogens is 2. The molecule has 0 spiro atoms. The molecule has 2 rings (SSSR count). The summed E-state index contributed by atoms with van der Waals surface area (Å²) in [6.07, 6.45) is 5.65. The number of sulfonamides is 1. The van der Waals surface area contributed by atoms with Crippen LogP contribution in [0.5, 0.6) is 0 Å². The normalized spacial score (nSPS) is 12.0. The molecule has 0 aliphatic carbocycles. The minimum absolute atomic E-state index is 0.260. The van der Waals surface area contributed by atoms with E-state index in [0.717, 1.165) is 5.82 Å². The lowest BCUT2D eigenvalue weighted by molar-refractivity contribution is -0.671. The van der Waals surface area contributed by atoms with Crippen LogP contribution in [-0.4, -0.2) is 31.0 Å². The van der Waals surface area contributed by atoms with E-state index in [1.54, 1.807) is 30.3 Å². The summed E-state index contributed by atoms with van der Waals surface area (Å²) in [6.45, 7) is 0.939. The van der Waals surface area contributed by atoms with E-state index in [1.165, 1.54) is 6.21 Å². The summed E-state index contributed by atoms with van der Waals surface area (Å²) in [5.74, 6) is 0.730. The standard InChI is InChI=1S/C14H18N4O3S/c1-17-10-11-18(14(17)12-15-19)9-5-8-16-22(20,21)13-6-3-2-4-7-13/h2-4,6-7,10-12,16H,5,8-9H2,1H3/p+1. The lowest BCUT2D eigenvalue weighted by atomic mass is 10.4. The fourth-order valence-corrected chi connectivity index (χ4v) is 3.18. The first kappa shape index (κ1) is 16.2. The quantitative estimate of drug-likeness (QED) is 0.256. The summed E-state index contributed by atoms with van der Waals surface area (Å²) in [6, 6.07) is 8.27. The maximum Gasteiger partial charge on any atom is 0.303 e. The van der Waals surface area contributed by atoms with Gasteiger partial charge in [0.25, 0.3) is 0 Å². The predicted molar refractivity (Wildman–Crippen MR) is 81.2 cm³/mol. The molecule has 0 saturated heterocycles. The fraction of sp³-hybridized carbons (Fsp3) is 0.286. The smallest absolute Gasteiger partial charge is 0.303 e. The summed E-state index contributed by atoms with van der Waals surface area (Å²) in [7, 11) is -1.62. The van der Waals surface area contributed by atoms with Gasteiger partial charge < -0.3 is 5.21 Å². The highest BCUT2D eigenvalue weighted by molar-refractivity contribution is 7.89. The Morgan fingerprint density at radius 1 is 1.36 bits per heavy atom. The Balaban J connectivity index is 1.90. The van der Waals surface area contributed by atoms with Crippen molar-refractivity contribution in [1.29, 1.82) is 0 Å². The van der Waals surface area contributed by atoms with Gasteiger partial charge in [0.2, 0.25) is 10.0 Å². The minimum atomic E-state index is -3.46. The van der Waals surface area contributed by atoms with Crippen molar-refractivity contribution in [1.82, 2.24) is 9.29 Å². The first-order chi connectivity index (χ1) is 10.5. The van der Waals surface area contributed by atoms with Crippen molar-refractivity contribution in [2.45, 2.75) is 17.9 Å². The third-order valence-corrected chi connectivity index (χ3v) is 4.70. The molecule has 118 valence electrons. The van der Waals surface area contributed by atoms with Gasteiger partial charge in [0.1, 0.15) is 12.4 Å². The molecule has 0 unspecified atom stereocenters. The SMILES string of the molecule is C[n+]1ccn(CCCNS(=O)(=O)c2ccccc2)c1/C=N/O. The van der Waals surface area contributed by atoms with Crippen LogP contribution in [0, 0.1) is 0 Å². The van der Waals surface area contributed by atoms with Crippen molar-refractivity contribution in [2.24, 2.45) is 12.2 Å². The van der Waals surface area contributed by atoms with Crippen LogP contribution in [0.3, 0.4) is 0 Å².